The van der Waals surface area contributed by atoms with Gasteiger partial charge in [-0.3, -0.25) is 0 Å². The number of fused-ring (bicyclic) bond motifs is 1. The van der Waals surface area contributed by atoms with Gasteiger partial charge in [0.2, 0.25) is 0 Å². The Hall–Kier alpha value is -3.22. The lowest BCUT2D eigenvalue weighted by Crippen LogP contribution is -2.08. The first kappa shape index (κ1) is 17.2. The van der Waals surface area contributed by atoms with Crippen LogP contribution in [0, 0.1) is 12.7 Å². The molecular formula is C20H13F4N3. The molecule has 0 aliphatic rings. The normalized spacial score (nSPS) is 11.9. The van der Waals surface area contributed by atoms with Gasteiger partial charge in [-0.1, -0.05) is 18.2 Å². The number of aryl methyl sites for hydroxylation is 1. The molecule has 0 amide bonds. The highest BCUT2D eigenvalue weighted by Crippen LogP contribution is 2.33. The molecule has 7 heteroatoms. The molecule has 0 atom stereocenters. The Kier molecular flexibility index (Phi) is 3.95. The number of alkyl halides is 3. The molecule has 2 aromatic carbocycles. The van der Waals surface area contributed by atoms with Crippen molar-refractivity contribution in [3.63, 3.8) is 0 Å². The summed E-state index contributed by atoms with van der Waals surface area (Å²) >= 11 is 0. The quantitative estimate of drug-likeness (QED) is 0.432. The van der Waals surface area contributed by atoms with Crippen LogP contribution in [0.4, 0.5) is 17.6 Å². The molecule has 3 nitrogen and oxygen atoms in total. The molecule has 0 saturated carbocycles. The van der Waals surface area contributed by atoms with Crippen LogP contribution in [0.25, 0.3) is 28.0 Å². The zero-order valence-corrected chi connectivity index (χ0v) is 14.1. The first-order valence-electron chi connectivity index (χ1n) is 8.13. The molecule has 0 bridgehead atoms. The monoisotopic (exact) mass is 371 g/mol. The van der Waals surface area contributed by atoms with Crippen molar-refractivity contribution in [3.8, 4) is 17.1 Å². The van der Waals surface area contributed by atoms with E-state index in [1.165, 1.54) is 24.3 Å². The summed E-state index contributed by atoms with van der Waals surface area (Å²) in [6.07, 6.45) is -4.61. The fourth-order valence-electron chi connectivity index (χ4n) is 2.96. The molecule has 0 saturated heterocycles. The van der Waals surface area contributed by atoms with E-state index in [2.05, 4.69) is 10.1 Å². The van der Waals surface area contributed by atoms with Crippen LogP contribution >= 0.6 is 0 Å². The minimum atomic E-state index is -4.61. The summed E-state index contributed by atoms with van der Waals surface area (Å²) in [4.78, 5) is 4.46. The van der Waals surface area contributed by atoms with Crippen LogP contribution in [0.1, 0.15) is 11.3 Å². The maximum absolute atomic E-state index is 13.3. The number of halogens is 4. The summed E-state index contributed by atoms with van der Waals surface area (Å²) in [6.45, 7) is 1.86. The SMILES string of the molecule is Cc1cc(-n2nc(C(F)(F)F)cc2-c2ccc(F)cc2)nc2ccccc12. The summed E-state index contributed by atoms with van der Waals surface area (Å²) < 4.78 is 54.1. The first-order valence-corrected chi connectivity index (χ1v) is 8.13. The fourth-order valence-corrected chi connectivity index (χ4v) is 2.96. The van der Waals surface area contributed by atoms with Crippen LogP contribution in [0.3, 0.4) is 0 Å². The van der Waals surface area contributed by atoms with Gasteiger partial charge in [0.05, 0.1) is 11.2 Å². The minimum Gasteiger partial charge on any atom is -0.229 e. The van der Waals surface area contributed by atoms with Crippen molar-refractivity contribution in [1.82, 2.24) is 14.8 Å². The molecule has 2 heterocycles. The van der Waals surface area contributed by atoms with Crippen molar-refractivity contribution in [2.45, 2.75) is 13.1 Å². The van der Waals surface area contributed by atoms with Gasteiger partial charge in [-0.2, -0.15) is 18.3 Å². The van der Waals surface area contributed by atoms with E-state index < -0.39 is 17.7 Å². The fraction of sp³-hybridized carbons (Fsp3) is 0.100. The lowest BCUT2D eigenvalue weighted by atomic mass is 10.1. The van der Waals surface area contributed by atoms with E-state index in [4.69, 9.17) is 0 Å². The van der Waals surface area contributed by atoms with Gasteiger partial charge in [0.15, 0.2) is 11.5 Å². The van der Waals surface area contributed by atoms with Crippen LogP contribution in [-0.4, -0.2) is 14.8 Å². The molecule has 2 aromatic heterocycles. The predicted molar refractivity (Wildman–Crippen MR) is 94.0 cm³/mol. The third-order valence-electron chi connectivity index (χ3n) is 4.27. The summed E-state index contributed by atoms with van der Waals surface area (Å²) in [5, 5.41) is 4.64. The molecule has 0 aliphatic carbocycles. The molecule has 0 N–H and O–H groups in total. The molecule has 4 rings (SSSR count). The topological polar surface area (TPSA) is 30.7 Å². The number of pyridine rings is 1. The Balaban J connectivity index is 1.96. The van der Waals surface area contributed by atoms with Gasteiger partial charge in [0.1, 0.15) is 5.82 Å². The van der Waals surface area contributed by atoms with Gasteiger partial charge in [0.25, 0.3) is 0 Å². The summed E-state index contributed by atoms with van der Waals surface area (Å²) in [6, 6.07) is 15.2. The second-order valence-corrected chi connectivity index (χ2v) is 6.15. The van der Waals surface area contributed by atoms with Crippen molar-refractivity contribution in [3.05, 3.63) is 77.7 Å². The lowest BCUT2D eigenvalue weighted by Gasteiger charge is -2.10. The second kappa shape index (κ2) is 6.19. The van der Waals surface area contributed by atoms with Crippen LogP contribution in [0.5, 0.6) is 0 Å². The maximum Gasteiger partial charge on any atom is 0.435 e. The molecule has 4 aromatic rings. The van der Waals surface area contributed by atoms with Crippen molar-refractivity contribution in [2.24, 2.45) is 0 Å². The van der Waals surface area contributed by atoms with Gasteiger partial charge in [0, 0.05) is 10.9 Å². The van der Waals surface area contributed by atoms with E-state index in [1.807, 2.05) is 25.1 Å². The van der Waals surface area contributed by atoms with Crippen molar-refractivity contribution in [1.29, 1.82) is 0 Å². The lowest BCUT2D eigenvalue weighted by molar-refractivity contribution is -0.141. The second-order valence-electron chi connectivity index (χ2n) is 6.15. The van der Waals surface area contributed by atoms with Crippen LogP contribution in [-0.2, 0) is 6.18 Å². The highest BCUT2D eigenvalue weighted by molar-refractivity contribution is 5.83. The van der Waals surface area contributed by atoms with E-state index in [9.17, 15) is 17.6 Å². The van der Waals surface area contributed by atoms with Crippen LogP contribution < -0.4 is 0 Å². The van der Waals surface area contributed by atoms with Gasteiger partial charge >= 0.3 is 6.18 Å². The summed E-state index contributed by atoms with van der Waals surface area (Å²) in [5.74, 6) is -0.207. The number of hydrogen-bond donors (Lipinski definition) is 0. The summed E-state index contributed by atoms with van der Waals surface area (Å²) in [7, 11) is 0. The van der Waals surface area contributed by atoms with Crippen LogP contribution in [0.15, 0.2) is 60.7 Å². The smallest absolute Gasteiger partial charge is 0.229 e. The average molecular weight is 371 g/mol. The van der Waals surface area contributed by atoms with Gasteiger partial charge in [-0.15, -0.1) is 0 Å². The number of hydrogen-bond acceptors (Lipinski definition) is 2. The third kappa shape index (κ3) is 3.16. The number of para-hydroxylation sites is 1. The average Bonchev–Trinajstić information content (AvgIpc) is 3.08. The van der Waals surface area contributed by atoms with Crippen LogP contribution in [0.2, 0.25) is 0 Å². The Morgan fingerprint density at radius 2 is 1.63 bits per heavy atom. The van der Waals surface area contributed by atoms with E-state index in [-0.39, 0.29) is 11.5 Å². The third-order valence-corrected chi connectivity index (χ3v) is 4.27. The molecule has 0 radical (unpaired) electrons. The molecule has 136 valence electrons. The van der Waals surface area contributed by atoms with E-state index in [0.29, 0.717) is 11.1 Å². The molecule has 0 fully saturated rings. The number of benzene rings is 2. The minimum absolute atomic E-state index is 0.185. The Morgan fingerprint density at radius 3 is 2.33 bits per heavy atom. The van der Waals surface area contributed by atoms with Gasteiger partial charge in [-0.25, -0.2) is 14.1 Å². The first-order chi connectivity index (χ1) is 12.8. The van der Waals surface area contributed by atoms with Gasteiger partial charge in [-0.05, 0) is 55.0 Å². The number of rotatable bonds is 2. The zero-order chi connectivity index (χ0) is 19.2. The Bertz CT molecular complexity index is 1130. The highest BCUT2D eigenvalue weighted by Gasteiger charge is 2.35. The van der Waals surface area contributed by atoms with E-state index in [1.54, 1.807) is 12.1 Å². The Labute approximate surface area is 151 Å². The standard InChI is InChI=1S/C20H13F4N3/c1-12-10-19(25-16-5-3-2-4-15(12)16)27-17(11-18(26-27)20(22,23)24)13-6-8-14(21)9-7-13/h2-11H,1H3. The molecule has 0 unspecified atom stereocenters. The summed E-state index contributed by atoms with van der Waals surface area (Å²) in [5.41, 5.74) is 1.08. The molecule has 0 spiro atoms. The molecule has 27 heavy (non-hydrogen) atoms. The highest BCUT2D eigenvalue weighted by atomic mass is 19.4. The van der Waals surface area contributed by atoms with Gasteiger partial charge < -0.3 is 0 Å². The van der Waals surface area contributed by atoms with Crippen molar-refractivity contribution >= 4 is 10.9 Å². The largest absolute Gasteiger partial charge is 0.435 e. The zero-order valence-electron chi connectivity index (χ0n) is 14.1. The molecular weight excluding hydrogens is 358 g/mol. The predicted octanol–water partition coefficient (Wildman–Crippen LogP) is 5.55. The van der Waals surface area contributed by atoms with E-state index in [0.717, 1.165) is 21.7 Å². The Morgan fingerprint density at radius 1 is 0.926 bits per heavy atom. The van der Waals surface area contributed by atoms with Crippen molar-refractivity contribution < 1.29 is 17.6 Å². The van der Waals surface area contributed by atoms with E-state index >= 15 is 0 Å². The number of aromatic nitrogens is 3. The molecule has 0 aliphatic heterocycles. The maximum atomic E-state index is 13.3. The van der Waals surface area contributed by atoms with Crippen molar-refractivity contribution in [2.75, 3.05) is 0 Å². The number of nitrogens with zero attached hydrogens (tertiary/aromatic N) is 3.